The molecule has 2 N–H and O–H groups in total. The summed E-state index contributed by atoms with van der Waals surface area (Å²) in [5.41, 5.74) is 1.33. The maximum Gasteiger partial charge on any atom is 0.416 e. The summed E-state index contributed by atoms with van der Waals surface area (Å²) in [5.74, 6) is -1.88. The van der Waals surface area contributed by atoms with Crippen LogP contribution >= 0.6 is 12.4 Å². The minimum absolute atomic E-state index is 0. The SMILES string of the molecule is Cl.N[C@@H](c1c(F)cc(C(F)(F)F)cc1C(F)(F)F)C1CC1. The van der Waals surface area contributed by atoms with Gasteiger partial charge in [-0.15, -0.1) is 12.4 Å². The highest BCUT2D eigenvalue weighted by Gasteiger charge is 2.43. The summed E-state index contributed by atoms with van der Waals surface area (Å²) in [6.45, 7) is 0. The van der Waals surface area contributed by atoms with Crippen molar-refractivity contribution in [3.05, 3.63) is 34.6 Å². The van der Waals surface area contributed by atoms with Crippen LogP contribution in [0, 0.1) is 11.7 Å². The first-order valence-corrected chi connectivity index (χ1v) is 5.75. The molecular formula is C12H11ClF7N. The Morgan fingerprint density at radius 2 is 1.52 bits per heavy atom. The lowest BCUT2D eigenvalue weighted by atomic mass is 9.94. The molecule has 1 aliphatic rings. The topological polar surface area (TPSA) is 26.0 Å². The van der Waals surface area contributed by atoms with Gasteiger partial charge in [-0.25, -0.2) is 4.39 Å². The second-order valence-corrected chi connectivity index (χ2v) is 4.78. The fourth-order valence-corrected chi connectivity index (χ4v) is 2.05. The number of hydrogen-bond acceptors (Lipinski definition) is 1. The molecule has 1 saturated carbocycles. The summed E-state index contributed by atoms with van der Waals surface area (Å²) in [4.78, 5) is 0. The van der Waals surface area contributed by atoms with Gasteiger partial charge in [0.15, 0.2) is 0 Å². The lowest BCUT2D eigenvalue weighted by Crippen LogP contribution is -2.22. The predicted octanol–water partition coefficient (Wildman–Crippen LogP) is 4.69. The molecule has 1 fully saturated rings. The van der Waals surface area contributed by atoms with E-state index in [2.05, 4.69) is 0 Å². The number of rotatable bonds is 2. The molecule has 0 bridgehead atoms. The molecule has 1 nitrogen and oxygen atoms in total. The number of halogens is 8. The maximum absolute atomic E-state index is 13.7. The van der Waals surface area contributed by atoms with Crippen molar-refractivity contribution in [2.45, 2.75) is 31.2 Å². The van der Waals surface area contributed by atoms with Crippen molar-refractivity contribution in [1.82, 2.24) is 0 Å². The van der Waals surface area contributed by atoms with Crippen molar-refractivity contribution in [1.29, 1.82) is 0 Å². The molecule has 1 atom stereocenters. The number of alkyl halides is 6. The molecule has 0 amide bonds. The van der Waals surface area contributed by atoms with E-state index in [1.165, 1.54) is 0 Å². The quantitative estimate of drug-likeness (QED) is 0.778. The van der Waals surface area contributed by atoms with Gasteiger partial charge < -0.3 is 5.73 Å². The summed E-state index contributed by atoms with van der Waals surface area (Å²) in [7, 11) is 0. The molecule has 2 rings (SSSR count). The number of nitrogens with two attached hydrogens (primary N) is 1. The highest BCUT2D eigenvalue weighted by molar-refractivity contribution is 5.85. The van der Waals surface area contributed by atoms with E-state index in [1.807, 2.05) is 0 Å². The molecule has 0 radical (unpaired) electrons. The zero-order valence-corrected chi connectivity index (χ0v) is 11.2. The van der Waals surface area contributed by atoms with Crippen molar-refractivity contribution in [2.24, 2.45) is 11.7 Å². The summed E-state index contributed by atoms with van der Waals surface area (Å²) < 4.78 is 89.7. The molecule has 1 aliphatic carbocycles. The third-order valence-corrected chi connectivity index (χ3v) is 3.23. The smallest absolute Gasteiger partial charge is 0.324 e. The second-order valence-electron chi connectivity index (χ2n) is 4.78. The zero-order valence-electron chi connectivity index (χ0n) is 10.4. The van der Waals surface area contributed by atoms with E-state index in [9.17, 15) is 30.7 Å². The van der Waals surface area contributed by atoms with Crippen molar-refractivity contribution in [3.8, 4) is 0 Å². The van der Waals surface area contributed by atoms with E-state index >= 15 is 0 Å². The van der Waals surface area contributed by atoms with E-state index in [4.69, 9.17) is 5.73 Å². The van der Waals surface area contributed by atoms with E-state index in [0.717, 1.165) is 0 Å². The first-order chi connectivity index (χ1) is 9.01. The first kappa shape index (κ1) is 18.0. The largest absolute Gasteiger partial charge is 0.416 e. The molecule has 0 heterocycles. The van der Waals surface area contributed by atoms with E-state index in [-0.39, 0.29) is 30.5 Å². The van der Waals surface area contributed by atoms with E-state index in [1.54, 1.807) is 0 Å². The Hall–Kier alpha value is -1.02. The normalized spacial score (nSPS) is 17.3. The standard InChI is InChI=1S/C12H10F7N.ClH/c13-8-4-6(11(14,15)16)3-7(12(17,18)19)9(8)10(20)5-1-2-5;/h3-5,10H,1-2,20H2;1H/t10-;/m1./s1. The Kier molecular flexibility index (Phi) is 4.84. The monoisotopic (exact) mass is 337 g/mol. The highest BCUT2D eigenvalue weighted by Crippen LogP contribution is 2.46. The van der Waals surface area contributed by atoms with Gasteiger partial charge in [-0.3, -0.25) is 0 Å². The molecule has 1 aromatic carbocycles. The van der Waals surface area contributed by atoms with Gasteiger partial charge >= 0.3 is 12.4 Å². The van der Waals surface area contributed by atoms with Gasteiger partial charge in [0, 0.05) is 11.6 Å². The average Bonchev–Trinajstić information content (AvgIpc) is 3.08. The van der Waals surface area contributed by atoms with Crippen LogP contribution in [0.3, 0.4) is 0 Å². The van der Waals surface area contributed by atoms with Crippen LogP contribution < -0.4 is 5.73 Å². The lowest BCUT2D eigenvalue weighted by molar-refractivity contribution is -0.144. The van der Waals surface area contributed by atoms with Gasteiger partial charge in [0.1, 0.15) is 5.82 Å². The Balaban J connectivity index is 0.00000220. The molecule has 0 unspecified atom stereocenters. The summed E-state index contributed by atoms with van der Waals surface area (Å²) in [6.07, 6.45) is -9.06. The Labute approximate surface area is 121 Å². The number of benzene rings is 1. The Morgan fingerprint density at radius 1 is 1.00 bits per heavy atom. The van der Waals surface area contributed by atoms with Crippen LogP contribution in [-0.2, 0) is 12.4 Å². The van der Waals surface area contributed by atoms with Gasteiger partial charge in [-0.2, -0.15) is 26.3 Å². The Morgan fingerprint density at radius 3 is 1.90 bits per heavy atom. The Bertz CT molecular complexity index is 520. The molecule has 21 heavy (non-hydrogen) atoms. The third-order valence-electron chi connectivity index (χ3n) is 3.23. The van der Waals surface area contributed by atoms with E-state index in [0.29, 0.717) is 12.8 Å². The molecule has 0 aliphatic heterocycles. The average molecular weight is 338 g/mol. The summed E-state index contributed by atoms with van der Waals surface area (Å²) in [5, 5.41) is 0. The predicted molar refractivity (Wildman–Crippen MR) is 63.3 cm³/mol. The van der Waals surface area contributed by atoms with Gasteiger partial charge in [0.2, 0.25) is 0 Å². The van der Waals surface area contributed by atoms with Crippen LogP contribution in [0.1, 0.15) is 35.6 Å². The fourth-order valence-electron chi connectivity index (χ4n) is 2.05. The molecule has 0 aromatic heterocycles. The summed E-state index contributed by atoms with van der Waals surface area (Å²) in [6, 6.07) is -1.26. The van der Waals surface area contributed by atoms with Crippen LogP contribution in [-0.4, -0.2) is 0 Å². The van der Waals surface area contributed by atoms with Gasteiger partial charge in [0.25, 0.3) is 0 Å². The summed E-state index contributed by atoms with van der Waals surface area (Å²) >= 11 is 0. The second kappa shape index (κ2) is 5.64. The molecule has 120 valence electrons. The minimum atomic E-state index is -5.09. The maximum atomic E-state index is 13.7. The lowest BCUT2D eigenvalue weighted by Gasteiger charge is -2.20. The van der Waals surface area contributed by atoms with Crippen LogP contribution in [0.2, 0.25) is 0 Å². The van der Waals surface area contributed by atoms with Gasteiger partial charge in [-0.1, -0.05) is 0 Å². The van der Waals surface area contributed by atoms with Crippen LogP contribution in [0.5, 0.6) is 0 Å². The number of hydrogen-bond donors (Lipinski definition) is 1. The van der Waals surface area contributed by atoms with Crippen molar-refractivity contribution in [2.75, 3.05) is 0 Å². The van der Waals surface area contributed by atoms with E-state index < -0.39 is 40.9 Å². The fraction of sp³-hybridized carbons (Fsp3) is 0.500. The van der Waals surface area contributed by atoms with Crippen molar-refractivity contribution >= 4 is 12.4 Å². The molecule has 0 spiro atoms. The minimum Gasteiger partial charge on any atom is -0.324 e. The van der Waals surface area contributed by atoms with Crippen LogP contribution in [0.15, 0.2) is 12.1 Å². The molecule has 9 heteroatoms. The van der Waals surface area contributed by atoms with Gasteiger partial charge in [-0.05, 0) is 30.9 Å². The molecular weight excluding hydrogens is 327 g/mol. The van der Waals surface area contributed by atoms with Crippen molar-refractivity contribution < 1.29 is 30.7 Å². The van der Waals surface area contributed by atoms with Crippen LogP contribution in [0.4, 0.5) is 30.7 Å². The third kappa shape index (κ3) is 3.79. The molecule has 1 aromatic rings. The highest BCUT2D eigenvalue weighted by atomic mass is 35.5. The first-order valence-electron chi connectivity index (χ1n) is 5.75. The zero-order chi connectivity index (χ0) is 15.3. The van der Waals surface area contributed by atoms with Crippen LogP contribution in [0.25, 0.3) is 0 Å². The van der Waals surface area contributed by atoms with Crippen molar-refractivity contribution in [3.63, 3.8) is 0 Å². The van der Waals surface area contributed by atoms with Gasteiger partial charge in [0.05, 0.1) is 11.1 Å². The molecule has 0 saturated heterocycles.